The van der Waals surface area contributed by atoms with Crippen molar-refractivity contribution in [3.8, 4) is 0 Å². The number of nitrogens with one attached hydrogen (secondary N) is 1. The van der Waals surface area contributed by atoms with Crippen molar-refractivity contribution in [2.45, 2.75) is 26.4 Å². The number of hydrogen-bond acceptors (Lipinski definition) is 3. The molecule has 0 aliphatic carbocycles. The molecule has 0 fully saturated rings. The molecule has 0 radical (unpaired) electrons. The summed E-state index contributed by atoms with van der Waals surface area (Å²) in [5.74, 6) is 0.939. The first-order valence-electron chi connectivity index (χ1n) is 5.76. The SMILES string of the molecule is C=CCN(c1cc(CNC)c(Cl)cn1)C(C)C. The Morgan fingerprint density at radius 1 is 1.59 bits per heavy atom. The largest absolute Gasteiger partial charge is 0.350 e. The molecule has 0 aliphatic rings. The van der Waals surface area contributed by atoms with Gasteiger partial charge >= 0.3 is 0 Å². The monoisotopic (exact) mass is 253 g/mol. The summed E-state index contributed by atoms with van der Waals surface area (Å²) in [7, 11) is 1.90. The highest BCUT2D eigenvalue weighted by Gasteiger charge is 2.12. The van der Waals surface area contributed by atoms with Crippen LogP contribution in [0.3, 0.4) is 0 Å². The quantitative estimate of drug-likeness (QED) is 0.791. The molecule has 3 nitrogen and oxygen atoms in total. The first-order chi connectivity index (χ1) is 8.10. The van der Waals surface area contributed by atoms with Gasteiger partial charge in [0.15, 0.2) is 0 Å². The van der Waals surface area contributed by atoms with Crippen molar-refractivity contribution in [3.63, 3.8) is 0 Å². The van der Waals surface area contributed by atoms with E-state index in [1.807, 2.05) is 19.2 Å². The molecule has 1 aromatic rings. The lowest BCUT2D eigenvalue weighted by molar-refractivity contribution is 0.710. The fourth-order valence-corrected chi connectivity index (χ4v) is 1.83. The van der Waals surface area contributed by atoms with Gasteiger partial charge in [0, 0.05) is 25.3 Å². The van der Waals surface area contributed by atoms with Gasteiger partial charge in [-0.05, 0) is 32.5 Å². The van der Waals surface area contributed by atoms with E-state index in [2.05, 4.69) is 35.6 Å². The van der Waals surface area contributed by atoms with E-state index in [0.29, 0.717) is 11.1 Å². The molecule has 0 spiro atoms. The molecule has 0 unspecified atom stereocenters. The zero-order valence-corrected chi connectivity index (χ0v) is 11.5. The van der Waals surface area contributed by atoms with Crippen molar-refractivity contribution >= 4 is 17.4 Å². The van der Waals surface area contributed by atoms with Crippen LogP contribution in [0.4, 0.5) is 5.82 Å². The highest BCUT2D eigenvalue weighted by Crippen LogP contribution is 2.21. The molecule has 1 N–H and O–H groups in total. The van der Waals surface area contributed by atoms with E-state index in [1.165, 1.54) is 0 Å². The van der Waals surface area contributed by atoms with Crippen molar-refractivity contribution in [1.29, 1.82) is 0 Å². The van der Waals surface area contributed by atoms with Gasteiger partial charge in [0.2, 0.25) is 0 Å². The summed E-state index contributed by atoms with van der Waals surface area (Å²) in [4.78, 5) is 6.56. The Hall–Kier alpha value is -1.06. The minimum absolute atomic E-state index is 0.379. The molecule has 1 aromatic heterocycles. The number of halogens is 1. The molecule has 4 heteroatoms. The van der Waals surface area contributed by atoms with Gasteiger partial charge in [0.25, 0.3) is 0 Å². The van der Waals surface area contributed by atoms with Crippen molar-refractivity contribution in [3.05, 3.63) is 35.5 Å². The van der Waals surface area contributed by atoms with Crippen LogP contribution in [-0.2, 0) is 6.54 Å². The number of anilines is 1. The first-order valence-corrected chi connectivity index (χ1v) is 6.14. The van der Waals surface area contributed by atoms with Crippen LogP contribution >= 0.6 is 11.6 Å². The normalized spacial score (nSPS) is 10.6. The van der Waals surface area contributed by atoms with E-state index >= 15 is 0 Å². The lowest BCUT2D eigenvalue weighted by atomic mass is 10.2. The van der Waals surface area contributed by atoms with Crippen molar-refractivity contribution in [2.75, 3.05) is 18.5 Å². The summed E-state index contributed by atoms with van der Waals surface area (Å²) in [6.45, 7) is 9.58. The van der Waals surface area contributed by atoms with Gasteiger partial charge in [-0.2, -0.15) is 0 Å². The van der Waals surface area contributed by atoms with Crippen molar-refractivity contribution in [1.82, 2.24) is 10.3 Å². The highest BCUT2D eigenvalue weighted by molar-refractivity contribution is 6.31. The summed E-state index contributed by atoms with van der Waals surface area (Å²) in [5.41, 5.74) is 1.06. The third kappa shape index (κ3) is 3.72. The van der Waals surface area contributed by atoms with E-state index < -0.39 is 0 Å². The number of aromatic nitrogens is 1. The summed E-state index contributed by atoms with van der Waals surface area (Å²) in [6.07, 6.45) is 3.59. The maximum atomic E-state index is 6.10. The molecule has 1 heterocycles. The van der Waals surface area contributed by atoms with E-state index in [1.54, 1.807) is 6.20 Å². The Morgan fingerprint density at radius 3 is 2.82 bits per heavy atom. The van der Waals surface area contributed by atoms with Crippen LogP contribution in [0.5, 0.6) is 0 Å². The van der Waals surface area contributed by atoms with Gasteiger partial charge in [-0.1, -0.05) is 17.7 Å². The lowest BCUT2D eigenvalue weighted by Gasteiger charge is -2.27. The zero-order chi connectivity index (χ0) is 12.8. The molecule has 0 saturated carbocycles. The standard InChI is InChI=1S/C13H20ClN3/c1-5-6-17(10(2)3)13-7-11(8-15-4)12(14)9-16-13/h5,7,9-10,15H,1,6,8H2,2-4H3. The van der Waals surface area contributed by atoms with Gasteiger partial charge < -0.3 is 10.2 Å². The predicted octanol–water partition coefficient (Wildman–Crippen LogP) is 2.86. The predicted molar refractivity (Wildman–Crippen MR) is 74.7 cm³/mol. The van der Waals surface area contributed by atoms with E-state index in [9.17, 15) is 0 Å². The zero-order valence-electron chi connectivity index (χ0n) is 10.7. The molecule has 0 aromatic carbocycles. The maximum Gasteiger partial charge on any atom is 0.129 e. The smallest absolute Gasteiger partial charge is 0.129 e. The van der Waals surface area contributed by atoms with Crippen LogP contribution in [0.1, 0.15) is 19.4 Å². The second-order valence-corrected chi connectivity index (χ2v) is 4.61. The number of rotatable bonds is 6. The summed E-state index contributed by atoms with van der Waals surface area (Å²) in [6, 6.07) is 2.41. The third-order valence-electron chi connectivity index (χ3n) is 2.53. The van der Waals surface area contributed by atoms with Crippen molar-refractivity contribution in [2.24, 2.45) is 0 Å². The van der Waals surface area contributed by atoms with Crippen LogP contribution in [-0.4, -0.2) is 24.6 Å². The summed E-state index contributed by atoms with van der Waals surface area (Å²) < 4.78 is 0. The molecule has 17 heavy (non-hydrogen) atoms. The van der Waals surface area contributed by atoms with Crippen molar-refractivity contribution < 1.29 is 0 Å². The average molecular weight is 254 g/mol. The number of pyridine rings is 1. The molecule has 0 bridgehead atoms. The molecule has 1 rings (SSSR count). The Kier molecular flexibility index (Phi) is 5.45. The minimum Gasteiger partial charge on any atom is -0.350 e. The Labute approximate surface area is 108 Å². The van der Waals surface area contributed by atoms with E-state index in [4.69, 9.17) is 11.6 Å². The number of hydrogen-bond donors (Lipinski definition) is 1. The lowest BCUT2D eigenvalue weighted by Crippen LogP contribution is -2.31. The second kappa shape index (κ2) is 6.62. The molecule has 0 atom stereocenters. The molecular formula is C13H20ClN3. The summed E-state index contributed by atoms with van der Waals surface area (Å²) >= 11 is 6.10. The third-order valence-corrected chi connectivity index (χ3v) is 2.87. The Balaban J connectivity index is 3.02. The maximum absolute atomic E-state index is 6.10. The van der Waals surface area contributed by atoms with Crippen LogP contribution < -0.4 is 10.2 Å². The second-order valence-electron chi connectivity index (χ2n) is 4.20. The number of nitrogens with zero attached hydrogens (tertiary/aromatic N) is 2. The molecule has 0 saturated heterocycles. The molecule has 0 amide bonds. The summed E-state index contributed by atoms with van der Waals surface area (Å²) in [5, 5.41) is 3.80. The van der Waals surface area contributed by atoms with Gasteiger partial charge in [-0.3, -0.25) is 0 Å². The van der Waals surface area contributed by atoms with Gasteiger partial charge in [0.1, 0.15) is 5.82 Å². The van der Waals surface area contributed by atoms with Gasteiger partial charge in [-0.25, -0.2) is 4.98 Å². The highest BCUT2D eigenvalue weighted by atomic mass is 35.5. The molecule has 94 valence electrons. The van der Waals surface area contributed by atoms with Crippen LogP contribution in [0.25, 0.3) is 0 Å². The van der Waals surface area contributed by atoms with E-state index in [0.717, 1.165) is 24.5 Å². The van der Waals surface area contributed by atoms with E-state index in [-0.39, 0.29) is 0 Å². The first kappa shape index (κ1) is 14.0. The fourth-order valence-electron chi connectivity index (χ4n) is 1.66. The van der Waals surface area contributed by atoms with Gasteiger partial charge in [-0.15, -0.1) is 6.58 Å². The van der Waals surface area contributed by atoms with Crippen LogP contribution in [0.15, 0.2) is 24.9 Å². The topological polar surface area (TPSA) is 28.2 Å². The molecular weight excluding hydrogens is 234 g/mol. The van der Waals surface area contributed by atoms with Crippen LogP contribution in [0, 0.1) is 0 Å². The van der Waals surface area contributed by atoms with Gasteiger partial charge in [0.05, 0.1) is 5.02 Å². The van der Waals surface area contributed by atoms with Crippen LogP contribution in [0.2, 0.25) is 5.02 Å². The Morgan fingerprint density at radius 2 is 2.29 bits per heavy atom. The minimum atomic E-state index is 0.379. The fraction of sp³-hybridized carbons (Fsp3) is 0.462. The molecule has 0 aliphatic heterocycles. The Bertz CT molecular complexity index is 377. The average Bonchev–Trinajstić information content (AvgIpc) is 2.29.